The fourth-order valence-corrected chi connectivity index (χ4v) is 4.17. The van der Waals surface area contributed by atoms with Gasteiger partial charge in [-0.3, -0.25) is 0 Å². The van der Waals surface area contributed by atoms with E-state index in [9.17, 15) is 0 Å². The van der Waals surface area contributed by atoms with Gasteiger partial charge in [0.25, 0.3) is 0 Å². The van der Waals surface area contributed by atoms with Crippen LogP contribution in [-0.4, -0.2) is 0 Å². The van der Waals surface area contributed by atoms with Crippen LogP contribution >= 0.6 is 0 Å². The van der Waals surface area contributed by atoms with Crippen molar-refractivity contribution in [1.29, 1.82) is 0 Å². The van der Waals surface area contributed by atoms with E-state index in [2.05, 4.69) is 13.8 Å². The Bertz CT molecular complexity index is 178. The fourth-order valence-electron chi connectivity index (χ4n) is 4.17. The quantitative estimate of drug-likeness (QED) is 0.610. The average Bonchev–Trinajstić information content (AvgIpc) is 2.81. The Morgan fingerprint density at radius 3 is 2.20 bits per heavy atom. The second kappa shape index (κ2) is 5.37. The summed E-state index contributed by atoms with van der Waals surface area (Å²) in [5.74, 6) is 4.28. The molecule has 0 amide bonds. The third kappa shape index (κ3) is 2.57. The van der Waals surface area contributed by atoms with Crippen LogP contribution in [0.5, 0.6) is 0 Å². The number of hydrogen-bond donors (Lipinski definition) is 0. The van der Waals surface area contributed by atoms with Gasteiger partial charge in [0.05, 0.1) is 0 Å². The van der Waals surface area contributed by atoms with Crippen LogP contribution in [0.4, 0.5) is 0 Å². The molecule has 0 radical (unpaired) electrons. The molecule has 88 valence electrons. The van der Waals surface area contributed by atoms with E-state index in [1.165, 1.54) is 38.5 Å². The van der Waals surface area contributed by atoms with Crippen molar-refractivity contribution in [2.24, 2.45) is 23.7 Å². The first-order chi connectivity index (χ1) is 7.33. The van der Waals surface area contributed by atoms with E-state index < -0.39 is 0 Å². The third-order valence-corrected chi connectivity index (χ3v) is 5.26. The van der Waals surface area contributed by atoms with E-state index in [1.807, 2.05) is 0 Å². The summed E-state index contributed by atoms with van der Waals surface area (Å²) in [6.45, 7) is 4.88. The van der Waals surface area contributed by atoms with Crippen LogP contribution in [-0.2, 0) is 0 Å². The Morgan fingerprint density at radius 2 is 1.53 bits per heavy atom. The zero-order valence-corrected chi connectivity index (χ0v) is 10.7. The van der Waals surface area contributed by atoms with E-state index in [0.29, 0.717) is 0 Å². The molecule has 0 aromatic rings. The molecule has 2 rings (SSSR count). The van der Waals surface area contributed by atoms with Crippen LogP contribution < -0.4 is 0 Å². The van der Waals surface area contributed by atoms with Crippen molar-refractivity contribution < 1.29 is 0 Å². The Labute approximate surface area is 95.8 Å². The summed E-state index contributed by atoms with van der Waals surface area (Å²) in [5.41, 5.74) is 0. The molecule has 0 heteroatoms. The minimum absolute atomic E-state index is 0.982. The number of hydrogen-bond acceptors (Lipinski definition) is 0. The summed E-state index contributed by atoms with van der Waals surface area (Å²) in [6.07, 6.45) is 13.7. The molecule has 2 aliphatic carbocycles. The maximum atomic E-state index is 2.50. The molecule has 3 unspecified atom stereocenters. The first-order valence-corrected chi connectivity index (χ1v) is 7.33. The highest BCUT2D eigenvalue weighted by Crippen LogP contribution is 2.45. The lowest BCUT2D eigenvalue weighted by molar-refractivity contribution is 0.113. The van der Waals surface area contributed by atoms with Gasteiger partial charge in [0.2, 0.25) is 0 Å². The number of rotatable bonds is 3. The van der Waals surface area contributed by atoms with Gasteiger partial charge in [-0.15, -0.1) is 0 Å². The molecule has 15 heavy (non-hydrogen) atoms. The molecule has 2 fully saturated rings. The lowest BCUT2D eigenvalue weighted by Crippen LogP contribution is -2.30. The van der Waals surface area contributed by atoms with Crippen LogP contribution in [0.1, 0.15) is 71.6 Å². The first kappa shape index (κ1) is 11.5. The molecule has 0 bridgehead atoms. The maximum Gasteiger partial charge on any atom is -0.0355 e. The maximum absolute atomic E-state index is 2.50. The van der Waals surface area contributed by atoms with E-state index in [-0.39, 0.29) is 0 Å². The van der Waals surface area contributed by atoms with Crippen molar-refractivity contribution in [1.82, 2.24) is 0 Å². The van der Waals surface area contributed by atoms with Gasteiger partial charge in [-0.05, 0) is 36.5 Å². The van der Waals surface area contributed by atoms with Gasteiger partial charge < -0.3 is 0 Å². The molecule has 2 aliphatic rings. The smallest absolute Gasteiger partial charge is 0.0355 e. The van der Waals surface area contributed by atoms with Crippen LogP contribution in [0.25, 0.3) is 0 Å². The van der Waals surface area contributed by atoms with Crippen molar-refractivity contribution in [3.8, 4) is 0 Å². The molecule has 0 aliphatic heterocycles. The summed E-state index contributed by atoms with van der Waals surface area (Å²) in [6, 6.07) is 0. The minimum Gasteiger partial charge on any atom is -0.0651 e. The van der Waals surface area contributed by atoms with Crippen LogP contribution in [0, 0.1) is 23.7 Å². The molecule has 0 aromatic heterocycles. The molecule has 3 atom stereocenters. The Kier molecular flexibility index (Phi) is 4.11. The van der Waals surface area contributed by atoms with Crippen molar-refractivity contribution in [3.63, 3.8) is 0 Å². The van der Waals surface area contributed by atoms with Gasteiger partial charge in [0.1, 0.15) is 0 Å². The minimum atomic E-state index is 0.982. The van der Waals surface area contributed by atoms with Crippen LogP contribution in [0.15, 0.2) is 0 Å². The third-order valence-electron chi connectivity index (χ3n) is 5.26. The predicted octanol–water partition coefficient (Wildman–Crippen LogP) is 5.03. The van der Waals surface area contributed by atoms with E-state index in [0.717, 1.165) is 23.7 Å². The zero-order chi connectivity index (χ0) is 10.7. The highest BCUT2D eigenvalue weighted by molar-refractivity contribution is 4.85. The van der Waals surface area contributed by atoms with Crippen LogP contribution in [0.2, 0.25) is 0 Å². The molecular weight excluding hydrogens is 180 g/mol. The van der Waals surface area contributed by atoms with Gasteiger partial charge in [0, 0.05) is 0 Å². The monoisotopic (exact) mass is 208 g/mol. The lowest BCUT2D eigenvalue weighted by atomic mass is 9.67. The topological polar surface area (TPSA) is 0 Å². The summed E-state index contributed by atoms with van der Waals surface area (Å²) in [4.78, 5) is 0. The van der Waals surface area contributed by atoms with Gasteiger partial charge in [-0.1, -0.05) is 58.8 Å². The zero-order valence-electron chi connectivity index (χ0n) is 10.7. The van der Waals surface area contributed by atoms with E-state index in [4.69, 9.17) is 0 Å². The van der Waals surface area contributed by atoms with Crippen LogP contribution in [0.3, 0.4) is 0 Å². The molecule has 0 nitrogen and oxygen atoms in total. The Balaban J connectivity index is 1.98. The summed E-state index contributed by atoms with van der Waals surface area (Å²) >= 11 is 0. The standard InChI is InChI=1S/C15H28/c1-3-12(2)14-10-6-7-11-15(14)13-8-4-5-9-13/h12-15H,3-11H2,1-2H3. The second-order valence-electron chi connectivity index (χ2n) is 6.04. The van der Waals surface area contributed by atoms with Gasteiger partial charge in [0.15, 0.2) is 0 Å². The lowest BCUT2D eigenvalue weighted by Gasteiger charge is -2.39. The SMILES string of the molecule is CCC(C)C1CCCCC1C1CCCC1. The van der Waals surface area contributed by atoms with Crippen molar-refractivity contribution in [2.45, 2.75) is 71.6 Å². The summed E-state index contributed by atoms with van der Waals surface area (Å²) in [5, 5.41) is 0. The first-order valence-electron chi connectivity index (χ1n) is 7.33. The Morgan fingerprint density at radius 1 is 0.933 bits per heavy atom. The summed E-state index contributed by atoms with van der Waals surface area (Å²) < 4.78 is 0. The summed E-state index contributed by atoms with van der Waals surface area (Å²) in [7, 11) is 0. The molecule has 0 heterocycles. The fraction of sp³-hybridized carbons (Fsp3) is 1.00. The highest BCUT2D eigenvalue weighted by atomic mass is 14.4. The Hall–Kier alpha value is 0. The normalized spacial score (nSPS) is 35.6. The molecule has 0 saturated heterocycles. The van der Waals surface area contributed by atoms with Gasteiger partial charge in [-0.2, -0.15) is 0 Å². The van der Waals surface area contributed by atoms with Gasteiger partial charge in [-0.25, -0.2) is 0 Å². The highest BCUT2D eigenvalue weighted by Gasteiger charge is 2.35. The molecule has 2 saturated carbocycles. The van der Waals surface area contributed by atoms with E-state index >= 15 is 0 Å². The molecule has 0 aromatic carbocycles. The molecular formula is C15H28. The van der Waals surface area contributed by atoms with Crippen molar-refractivity contribution in [3.05, 3.63) is 0 Å². The predicted molar refractivity (Wildman–Crippen MR) is 66.9 cm³/mol. The van der Waals surface area contributed by atoms with Crippen molar-refractivity contribution >= 4 is 0 Å². The molecule has 0 spiro atoms. The van der Waals surface area contributed by atoms with E-state index in [1.54, 1.807) is 19.3 Å². The average molecular weight is 208 g/mol. The second-order valence-corrected chi connectivity index (χ2v) is 6.04. The molecule has 0 N–H and O–H groups in total. The largest absolute Gasteiger partial charge is 0.0651 e. The van der Waals surface area contributed by atoms with Gasteiger partial charge >= 0.3 is 0 Å². The van der Waals surface area contributed by atoms with Crippen molar-refractivity contribution in [2.75, 3.05) is 0 Å².